The molecular weight excluding hydrogens is 301 g/mol. The van der Waals surface area contributed by atoms with Gasteiger partial charge in [0, 0.05) is 6.04 Å². The molecule has 1 fully saturated rings. The Kier molecular flexibility index (Phi) is 6.40. The Morgan fingerprint density at radius 1 is 1.14 bits per heavy atom. The standard InChI is InChI=1S/C18H27Cl2N/c1-12(2)21-11-15-6-4-13(3)8-16(15)9-14-5-7-17(19)18(20)10-14/h5,7,10,12-13,15-16,21H,4,6,8-9,11H2,1-3H3. The van der Waals surface area contributed by atoms with Crippen LogP contribution in [0.15, 0.2) is 18.2 Å². The van der Waals surface area contributed by atoms with Crippen LogP contribution in [-0.4, -0.2) is 12.6 Å². The molecule has 0 spiro atoms. The molecular formula is C18H27Cl2N. The molecule has 1 aliphatic rings. The van der Waals surface area contributed by atoms with Crippen molar-refractivity contribution in [1.82, 2.24) is 5.32 Å². The van der Waals surface area contributed by atoms with E-state index in [1.54, 1.807) is 0 Å². The molecule has 1 saturated carbocycles. The molecule has 0 saturated heterocycles. The molecule has 2 rings (SSSR count). The van der Waals surface area contributed by atoms with Gasteiger partial charge in [-0.2, -0.15) is 0 Å². The van der Waals surface area contributed by atoms with Crippen LogP contribution >= 0.6 is 23.2 Å². The van der Waals surface area contributed by atoms with E-state index in [0.29, 0.717) is 16.1 Å². The molecule has 1 aromatic carbocycles. The largest absolute Gasteiger partial charge is 0.314 e. The van der Waals surface area contributed by atoms with E-state index < -0.39 is 0 Å². The zero-order chi connectivity index (χ0) is 15.4. The molecule has 118 valence electrons. The van der Waals surface area contributed by atoms with E-state index >= 15 is 0 Å². The van der Waals surface area contributed by atoms with Gasteiger partial charge in [0.05, 0.1) is 10.0 Å². The summed E-state index contributed by atoms with van der Waals surface area (Å²) in [4.78, 5) is 0. The molecule has 0 aromatic heterocycles. The number of hydrogen-bond donors (Lipinski definition) is 1. The average Bonchev–Trinajstić information content (AvgIpc) is 2.42. The maximum absolute atomic E-state index is 6.16. The van der Waals surface area contributed by atoms with Crippen molar-refractivity contribution < 1.29 is 0 Å². The van der Waals surface area contributed by atoms with Gasteiger partial charge in [-0.25, -0.2) is 0 Å². The average molecular weight is 328 g/mol. The van der Waals surface area contributed by atoms with E-state index in [1.165, 1.54) is 24.8 Å². The summed E-state index contributed by atoms with van der Waals surface area (Å²) in [5, 5.41) is 4.94. The second kappa shape index (κ2) is 7.85. The molecule has 21 heavy (non-hydrogen) atoms. The first kappa shape index (κ1) is 17.1. The molecule has 1 N–H and O–H groups in total. The summed E-state index contributed by atoms with van der Waals surface area (Å²) in [6.07, 6.45) is 5.14. The number of halogens is 2. The van der Waals surface area contributed by atoms with Crippen LogP contribution in [0.1, 0.15) is 45.6 Å². The Labute approximate surface area is 139 Å². The van der Waals surface area contributed by atoms with E-state index in [4.69, 9.17) is 23.2 Å². The number of benzene rings is 1. The summed E-state index contributed by atoms with van der Waals surface area (Å²) < 4.78 is 0. The molecule has 3 unspecified atom stereocenters. The van der Waals surface area contributed by atoms with Crippen molar-refractivity contribution in [2.24, 2.45) is 17.8 Å². The highest BCUT2D eigenvalue weighted by molar-refractivity contribution is 6.42. The Bertz CT molecular complexity index is 459. The fourth-order valence-corrected chi connectivity index (χ4v) is 3.76. The van der Waals surface area contributed by atoms with Gasteiger partial charge in [-0.1, -0.05) is 56.5 Å². The van der Waals surface area contributed by atoms with Crippen molar-refractivity contribution in [3.8, 4) is 0 Å². The van der Waals surface area contributed by atoms with E-state index in [9.17, 15) is 0 Å². The normalized spacial score (nSPS) is 26.3. The molecule has 1 aromatic rings. The minimum atomic E-state index is 0.565. The molecule has 0 heterocycles. The summed E-state index contributed by atoms with van der Waals surface area (Å²) in [6.45, 7) is 7.96. The molecule has 0 aliphatic heterocycles. The fraction of sp³-hybridized carbons (Fsp3) is 0.667. The Morgan fingerprint density at radius 3 is 2.57 bits per heavy atom. The van der Waals surface area contributed by atoms with Gasteiger partial charge in [0.25, 0.3) is 0 Å². The maximum Gasteiger partial charge on any atom is 0.0595 e. The summed E-state index contributed by atoms with van der Waals surface area (Å²) >= 11 is 12.2. The lowest BCUT2D eigenvalue weighted by molar-refractivity contribution is 0.181. The zero-order valence-electron chi connectivity index (χ0n) is 13.3. The monoisotopic (exact) mass is 327 g/mol. The summed E-state index contributed by atoms with van der Waals surface area (Å²) in [6, 6.07) is 6.65. The van der Waals surface area contributed by atoms with E-state index in [1.807, 2.05) is 12.1 Å². The van der Waals surface area contributed by atoms with Crippen molar-refractivity contribution in [3.05, 3.63) is 33.8 Å². The van der Waals surface area contributed by atoms with E-state index in [-0.39, 0.29) is 0 Å². The fourth-order valence-electron chi connectivity index (χ4n) is 3.44. The van der Waals surface area contributed by atoms with Crippen molar-refractivity contribution in [2.75, 3.05) is 6.54 Å². The van der Waals surface area contributed by atoms with Gasteiger partial charge in [-0.3, -0.25) is 0 Å². The third-order valence-corrected chi connectivity index (χ3v) is 5.41. The van der Waals surface area contributed by atoms with Gasteiger partial charge in [-0.15, -0.1) is 0 Å². The van der Waals surface area contributed by atoms with Crippen LogP contribution in [0.3, 0.4) is 0 Å². The number of hydrogen-bond acceptors (Lipinski definition) is 1. The lowest BCUT2D eigenvalue weighted by Gasteiger charge is -2.36. The lowest BCUT2D eigenvalue weighted by Crippen LogP contribution is -2.36. The first-order valence-electron chi connectivity index (χ1n) is 8.13. The molecule has 3 atom stereocenters. The van der Waals surface area contributed by atoms with Crippen LogP contribution in [0.25, 0.3) is 0 Å². The van der Waals surface area contributed by atoms with Crippen molar-refractivity contribution >= 4 is 23.2 Å². The molecule has 0 radical (unpaired) electrons. The highest BCUT2D eigenvalue weighted by atomic mass is 35.5. The van der Waals surface area contributed by atoms with Gasteiger partial charge in [0.1, 0.15) is 0 Å². The van der Waals surface area contributed by atoms with Gasteiger partial charge >= 0.3 is 0 Å². The predicted octanol–water partition coefficient (Wildman–Crippen LogP) is 5.59. The first-order chi connectivity index (χ1) is 9.95. The van der Waals surface area contributed by atoms with Crippen LogP contribution in [0.2, 0.25) is 10.0 Å². The topological polar surface area (TPSA) is 12.0 Å². The lowest BCUT2D eigenvalue weighted by atomic mass is 9.72. The zero-order valence-corrected chi connectivity index (χ0v) is 14.8. The molecule has 0 amide bonds. The minimum Gasteiger partial charge on any atom is -0.314 e. The van der Waals surface area contributed by atoms with Crippen molar-refractivity contribution in [3.63, 3.8) is 0 Å². The quantitative estimate of drug-likeness (QED) is 0.743. The summed E-state index contributed by atoms with van der Waals surface area (Å²) in [5.41, 5.74) is 1.32. The summed E-state index contributed by atoms with van der Waals surface area (Å²) in [5.74, 6) is 2.36. The van der Waals surface area contributed by atoms with Crippen molar-refractivity contribution in [1.29, 1.82) is 0 Å². The van der Waals surface area contributed by atoms with Crippen LogP contribution in [0.4, 0.5) is 0 Å². The number of nitrogens with one attached hydrogen (secondary N) is 1. The second-order valence-corrected chi connectivity index (χ2v) is 7.77. The number of rotatable bonds is 5. The molecule has 0 bridgehead atoms. The van der Waals surface area contributed by atoms with Crippen LogP contribution in [0.5, 0.6) is 0 Å². The van der Waals surface area contributed by atoms with E-state index in [0.717, 1.165) is 30.7 Å². The predicted molar refractivity (Wildman–Crippen MR) is 93.3 cm³/mol. The van der Waals surface area contributed by atoms with Gasteiger partial charge in [0.15, 0.2) is 0 Å². The third kappa shape index (κ3) is 5.16. The molecule has 1 aliphatic carbocycles. The highest BCUT2D eigenvalue weighted by Gasteiger charge is 2.28. The Balaban J connectivity index is 2.03. The first-order valence-corrected chi connectivity index (χ1v) is 8.88. The van der Waals surface area contributed by atoms with Crippen LogP contribution in [0, 0.1) is 17.8 Å². The SMILES string of the molecule is CC1CCC(CNC(C)C)C(Cc2ccc(Cl)c(Cl)c2)C1. The summed E-state index contributed by atoms with van der Waals surface area (Å²) in [7, 11) is 0. The third-order valence-electron chi connectivity index (χ3n) is 4.67. The second-order valence-electron chi connectivity index (χ2n) is 6.95. The minimum absolute atomic E-state index is 0.565. The van der Waals surface area contributed by atoms with Gasteiger partial charge in [0.2, 0.25) is 0 Å². The maximum atomic E-state index is 6.16. The molecule has 3 heteroatoms. The van der Waals surface area contributed by atoms with Gasteiger partial charge < -0.3 is 5.32 Å². The Hall–Kier alpha value is -0.240. The smallest absolute Gasteiger partial charge is 0.0595 e. The van der Waals surface area contributed by atoms with E-state index in [2.05, 4.69) is 32.2 Å². The van der Waals surface area contributed by atoms with Gasteiger partial charge in [-0.05, 0) is 61.3 Å². The Morgan fingerprint density at radius 2 is 1.90 bits per heavy atom. The van der Waals surface area contributed by atoms with Crippen LogP contribution < -0.4 is 5.32 Å². The molecule has 1 nitrogen and oxygen atoms in total. The van der Waals surface area contributed by atoms with Crippen LogP contribution in [-0.2, 0) is 6.42 Å². The van der Waals surface area contributed by atoms with Crippen molar-refractivity contribution in [2.45, 2.75) is 52.5 Å². The highest BCUT2D eigenvalue weighted by Crippen LogP contribution is 2.36.